The van der Waals surface area contributed by atoms with Crippen LogP contribution in [0.25, 0.3) is 5.76 Å². The molecule has 2 aromatic carbocycles. The smallest absolute Gasteiger partial charge is 0.295 e. The van der Waals surface area contributed by atoms with Crippen molar-refractivity contribution in [1.82, 2.24) is 4.90 Å². The number of ether oxygens (including phenoxy) is 1. The van der Waals surface area contributed by atoms with Gasteiger partial charge in [0.15, 0.2) is 0 Å². The van der Waals surface area contributed by atoms with Gasteiger partial charge in [0.25, 0.3) is 11.7 Å². The number of benzene rings is 2. The number of carbonyl (C=O) groups excluding carboxylic acids is 2. The first kappa shape index (κ1) is 21.5. The van der Waals surface area contributed by atoms with Crippen LogP contribution in [0.1, 0.15) is 43.4 Å². The van der Waals surface area contributed by atoms with Crippen molar-refractivity contribution in [3.63, 3.8) is 0 Å². The number of carbonyl (C=O) groups is 2. The van der Waals surface area contributed by atoms with Gasteiger partial charge in [-0.2, -0.15) is 0 Å². The molecule has 0 bridgehead atoms. The second-order valence-corrected chi connectivity index (χ2v) is 7.07. The highest BCUT2D eigenvalue weighted by atomic mass is 19.1. The summed E-state index contributed by atoms with van der Waals surface area (Å²) in [7, 11) is 1.34. The van der Waals surface area contributed by atoms with Crippen LogP contribution >= 0.6 is 0 Å². The molecular formula is C23H23F2NO4. The number of likely N-dealkylation sites (tertiary alicyclic amines) is 1. The number of aliphatic hydroxyl groups is 1. The van der Waals surface area contributed by atoms with Crippen molar-refractivity contribution >= 4 is 17.4 Å². The molecule has 1 N–H and O–H groups in total. The standard InChI is InChI=1S/C23H23F2NO4/c1-3-4-7-12-26-20(15-8-5-6-9-17(15)25)19(22(28)23(26)29)21(27)16-13-14(24)10-11-18(16)30-2/h5-6,8-11,13,20,27H,3-4,7,12H2,1-2H3/b21-19+. The van der Waals surface area contributed by atoms with Crippen molar-refractivity contribution in [2.45, 2.75) is 32.2 Å². The van der Waals surface area contributed by atoms with E-state index in [4.69, 9.17) is 4.74 Å². The quantitative estimate of drug-likeness (QED) is 0.311. The Kier molecular flexibility index (Phi) is 6.50. The second kappa shape index (κ2) is 9.07. The molecule has 0 saturated carbocycles. The molecule has 1 heterocycles. The number of ketones is 1. The van der Waals surface area contributed by atoms with Crippen LogP contribution in [-0.2, 0) is 9.59 Å². The predicted molar refractivity (Wildman–Crippen MR) is 108 cm³/mol. The highest BCUT2D eigenvalue weighted by Crippen LogP contribution is 2.41. The first-order valence-electron chi connectivity index (χ1n) is 9.77. The Morgan fingerprint density at radius 1 is 1.13 bits per heavy atom. The van der Waals surface area contributed by atoms with Crippen molar-refractivity contribution in [3.05, 3.63) is 70.8 Å². The van der Waals surface area contributed by atoms with Crippen LogP contribution in [0.2, 0.25) is 0 Å². The average molecular weight is 415 g/mol. The number of rotatable bonds is 7. The Balaban J connectivity index is 2.21. The Morgan fingerprint density at radius 3 is 2.53 bits per heavy atom. The molecule has 1 atom stereocenters. The summed E-state index contributed by atoms with van der Waals surface area (Å²) < 4.78 is 33.7. The SMILES string of the molecule is CCCCCN1C(=O)C(=O)/C(=C(/O)c2cc(F)ccc2OC)C1c1ccccc1F. The molecule has 3 rings (SSSR count). The van der Waals surface area contributed by atoms with Crippen molar-refractivity contribution in [1.29, 1.82) is 0 Å². The van der Waals surface area contributed by atoms with Gasteiger partial charge in [0.1, 0.15) is 23.1 Å². The van der Waals surface area contributed by atoms with E-state index in [0.29, 0.717) is 6.42 Å². The van der Waals surface area contributed by atoms with Crippen molar-refractivity contribution in [2.24, 2.45) is 0 Å². The molecule has 5 nitrogen and oxygen atoms in total. The number of Topliss-reactive ketones (excluding diaryl/α,β-unsaturated/α-hetero) is 1. The monoisotopic (exact) mass is 415 g/mol. The van der Waals surface area contributed by atoms with Gasteiger partial charge in [-0.15, -0.1) is 0 Å². The van der Waals surface area contributed by atoms with Crippen LogP contribution in [0.5, 0.6) is 5.75 Å². The fraction of sp³-hybridized carbons (Fsp3) is 0.304. The van der Waals surface area contributed by atoms with Crippen LogP contribution < -0.4 is 4.74 Å². The maximum absolute atomic E-state index is 14.7. The minimum Gasteiger partial charge on any atom is -0.507 e. The lowest BCUT2D eigenvalue weighted by Crippen LogP contribution is -2.31. The minimum absolute atomic E-state index is 0.0783. The van der Waals surface area contributed by atoms with Crippen LogP contribution in [-0.4, -0.2) is 35.4 Å². The molecule has 0 spiro atoms. The molecule has 1 aliphatic rings. The van der Waals surface area contributed by atoms with Gasteiger partial charge in [0, 0.05) is 12.1 Å². The van der Waals surface area contributed by atoms with E-state index in [-0.39, 0.29) is 29.0 Å². The maximum Gasteiger partial charge on any atom is 0.295 e. The zero-order chi connectivity index (χ0) is 21.8. The Labute approximate surface area is 173 Å². The third-order valence-electron chi connectivity index (χ3n) is 5.16. The van der Waals surface area contributed by atoms with Gasteiger partial charge in [-0.1, -0.05) is 38.0 Å². The molecule has 1 saturated heterocycles. The highest BCUT2D eigenvalue weighted by Gasteiger charge is 2.46. The third kappa shape index (κ3) is 3.92. The molecule has 1 amide bonds. The van der Waals surface area contributed by atoms with Crippen molar-refractivity contribution in [2.75, 3.05) is 13.7 Å². The van der Waals surface area contributed by atoms with Gasteiger partial charge in [0.05, 0.1) is 24.3 Å². The number of methoxy groups -OCH3 is 1. The van der Waals surface area contributed by atoms with Crippen LogP contribution in [0.3, 0.4) is 0 Å². The van der Waals surface area contributed by atoms with E-state index in [1.165, 1.54) is 36.3 Å². The van der Waals surface area contributed by atoms with Crippen LogP contribution in [0.4, 0.5) is 8.78 Å². The molecule has 30 heavy (non-hydrogen) atoms. The number of aliphatic hydroxyl groups excluding tert-OH is 1. The topological polar surface area (TPSA) is 66.8 Å². The fourth-order valence-electron chi connectivity index (χ4n) is 3.67. The number of unbranched alkanes of at least 4 members (excludes halogenated alkanes) is 2. The lowest BCUT2D eigenvalue weighted by atomic mass is 9.94. The molecular weight excluding hydrogens is 392 g/mol. The van der Waals surface area contributed by atoms with Gasteiger partial charge in [-0.3, -0.25) is 9.59 Å². The minimum atomic E-state index is -1.11. The lowest BCUT2D eigenvalue weighted by molar-refractivity contribution is -0.139. The summed E-state index contributed by atoms with van der Waals surface area (Å²) in [5, 5.41) is 11.0. The van der Waals surface area contributed by atoms with Crippen molar-refractivity contribution < 1.29 is 28.2 Å². The number of nitrogens with zero attached hydrogens (tertiary/aromatic N) is 1. The van der Waals surface area contributed by atoms with E-state index in [2.05, 4.69) is 0 Å². The number of hydrogen-bond donors (Lipinski definition) is 1. The van der Waals surface area contributed by atoms with E-state index >= 15 is 0 Å². The average Bonchev–Trinajstić information content (AvgIpc) is 2.98. The maximum atomic E-state index is 14.7. The van der Waals surface area contributed by atoms with E-state index in [0.717, 1.165) is 25.0 Å². The van der Waals surface area contributed by atoms with Crippen LogP contribution in [0, 0.1) is 11.6 Å². The normalized spacial score (nSPS) is 18.1. The summed E-state index contributed by atoms with van der Waals surface area (Å²) in [6, 6.07) is 8.13. The molecule has 158 valence electrons. The van der Waals surface area contributed by atoms with Gasteiger partial charge < -0.3 is 14.7 Å². The zero-order valence-corrected chi connectivity index (χ0v) is 16.8. The highest BCUT2D eigenvalue weighted by molar-refractivity contribution is 6.46. The lowest BCUT2D eigenvalue weighted by Gasteiger charge is -2.25. The van der Waals surface area contributed by atoms with Gasteiger partial charge in [-0.25, -0.2) is 8.78 Å². The molecule has 1 fully saturated rings. The Hall–Kier alpha value is -3.22. The van der Waals surface area contributed by atoms with Gasteiger partial charge in [-0.05, 0) is 30.7 Å². The molecule has 0 aromatic heterocycles. The number of amides is 1. The Morgan fingerprint density at radius 2 is 1.87 bits per heavy atom. The van der Waals surface area contributed by atoms with Gasteiger partial charge in [0.2, 0.25) is 0 Å². The second-order valence-electron chi connectivity index (χ2n) is 7.07. The van der Waals surface area contributed by atoms with E-state index in [1.54, 1.807) is 6.07 Å². The molecule has 0 radical (unpaired) electrons. The summed E-state index contributed by atoms with van der Waals surface area (Å²) in [4.78, 5) is 26.9. The predicted octanol–water partition coefficient (Wildman–Crippen LogP) is 4.59. The van der Waals surface area contributed by atoms with Crippen molar-refractivity contribution in [3.8, 4) is 5.75 Å². The fourth-order valence-corrected chi connectivity index (χ4v) is 3.67. The first-order chi connectivity index (χ1) is 14.4. The molecule has 1 unspecified atom stereocenters. The Bertz CT molecular complexity index is 1000. The molecule has 1 aliphatic heterocycles. The first-order valence-corrected chi connectivity index (χ1v) is 9.77. The number of hydrogen-bond acceptors (Lipinski definition) is 4. The van der Waals surface area contributed by atoms with E-state index < -0.39 is 35.1 Å². The van der Waals surface area contributed by atoms with Crippen LogP contribution in [0.15, 0.2) is 48.0 Å². The van der Waals surface area contributed by atoms with Gasteiger partial charge >= 0.3 is 0 Å². The summed E-state index contributed by atoms with van der Waals surface area (Å²) >= 11 is 0. The number of halogens is 2. The molecule has 7 heteroatoms. The summed E-state index contributed by atoms with van der Waals surface area (Å²) in [5.41, 5.74) is -0.277. The summed E-state index contributed by atoms with van der Waals surface area (Å²) in [5.74, 6) is -3.51. The summed E-state index contributed by atoms with van der Waals surface area (Å²) in [6.45, 7) is 2.23. The van der Waals surface area contributed by atoms with E-state index in [9.17, 15) is 23.5 Å². The third-order valence-corrected chi connectivity index (χ3v) is 5.16. The largest absolute Gasteiger partial charge is 0.507 e. The summed E-state index contributed by atoms with van der Waals surface area (Å²) in [6.07, 6.45) is 2.34. The molecule has 2 aromatic rings. The zero-order valence-electron chi connectivity index (χ0n) is 16.8. The molecule has 0 aliphatic carbocycles. The van der Waals surface area contributed by atoms with E-state index in [1.807, 2.05) is 6.92 Å².